The normalized spacial score (nSPS) is 13.2. The van der Waals surface area contributed by atoms with E-state index < -0.39 is 0 Å². The zero-order chi connectivity index (χ0) is 58.2. The Morgan fingerprint density at radius 3 is 1.02 bits per heavy atom. The van der Waals surface area contributed by atoms with Gasteiger partial charge < -0.3 is 13.6 Å². The highest BCUT2D eigenvalue weighted by atomic mass is 16.3. The van der Waals surface area contributed by atoms with Crippen molar-refractivity contribution in [2.45, 2.75) is 19.3 Å². The number of benzene rings is 9. The minimum Gasteiger partial charge on any atom is -0.460 e. The van der Waals surface area contributed by atoms with Crippen LogP contribution in [0.3, 0.4) is 0 Å². The standard InChI is InChI=1S/C81H54N6O/c1-51-44-57(87-78-37-32-54(60-20-4-8-24-64(60)74-28-12-16-42-84-74)47-68(78)69-48-55(33-38-79(69)87)61-21-5-9-25-65(61)75-29-13-17-43-85-75)50-71-70-49-56(34-39-80(70)88-81(51)71)86-76-35-30-52(58-18-2-6-22-62(58)72-26-10-14-40-82-72)45-66(76)67-46-53(31-36-77(67)86)59-19-3-7-23-63(59)73-27-11-15-41-83-73/h2-43,45-51H,44H2,1H3. The summed E-state index contributed by atoms with van der Waals surface area (Å²) in [5.41, 5.74) is 26.0. The molecule has 0 bridgehead atoms. The van der Waals surface area contributed by atoms with Crippen molar-refractivity contribution >= 4 is 66.4 Å². The second-order valence-corrected chi connectivity index (χ2v) is 22.9. The number of fused-ring (bicyclic) bond motifs is 9. The van der Waals surface area contributed by atoms with E-state index in [0.717, 1.165) is 157 Å². The maximum atomic E-state index is 6.96. The minimum atomic E-state index is 0.0976. The molecule has 88 heavy (non-hydrogen) atoms. The van der Waals surface area contributed by atoms with Crippen molar-refractivity contribution in [2.24, 2.45) is 0 Å². The molecule has 7 heterocycles. The predicted octanol–water partition coefficient (Wildman–Crippen LogP) is 21.1. The molecule has 16 aromatic rings. The quantitative estimate of drug-likeness (QED) is 0.136. The van der Waals surface area contributed by atoms with Crippen LogP contribution in [-0.2, 0) is 0 Å². The lowest BCUT2D eigenvalue weighted by Gasteiger charge is -2.21. The average molecular weight is 1130 g/mol. The predicted molar refractivity (Wildman–Crippen MR) is 362 cm³/mol. The van der Waals surface area contributed by atoms with Gasteiger partial charge in [0.1, 0.15) is 11.3 Å². The first-order chi connectivity index (χ1) is 43.6. The third kappa shape index (κ3) is 8.50. The fourth-order valence-electron chi connectivity index (χ4n) is 13.8. The summed E-state index contributed by atoms with van der Waals surface area (Å²) in [4.78, 5) is 19.2. The Kier molecular flexibility index (Phi) is 12.1. The van der Waals surface area contributed by atoms with Crippen LogP contribution in [0.1, 0.15) is 30.6 Å². The van der Waals surface area contributed by atoms with Crippen molar-refractivity contribution in [1.29, 1.82) is 0 Å². The van der Waals surface area contributed by atoms with Gasteiger partial charge in [0, 0.05) is 96.8 Å². The third-order valence-electron chi connectivity index (χ3n) is 17.8. The molecule has 7 heteroatoms. The van der Waals surface area contributed by atoms with Gasteiger partial charge in [-0.1, -0.05) is 153 Å². The van der Waals surface area contributed by atoms with Gasteiger partial charge in [-0.25, -0.2) is 0 Å². The fraction of sp³-hybridized carbons (Fsp3) is 0.0370. The van der Waals surface area contributed by atoms with Crippen LogP contribution in [0.2, 0.25) is 0 Å². The number of pyridine rings is 4. The van der Waals surface area contributed by atoms with Crippen LogP contribution in [0.4, 0.5) is 0 Å². The molecular weight excluding hydrogens is 1070 g/mol. The Hall–Kier alpha value is -11.5. The minimum absolute atomic E-state index is 0.0976. The van der Waals surface area contributed by atoms with Crippen LogP contribution >= 0.6 is 0 Å². The van der Waals surface area contributed by atoms with Crippen molar-refractivity contribution < 1.29 is 4.42 Å². The fourth-order valence-corrected chi connectivity index (χ4v) is 13.8. The van der Waals surface area contributed by atoms with Gasteiger partial charge in [0.25, 0.3) is 0 Å². The van der Waals surface area contributed by atoms with Gasteiger partial charge in [-0.3, -0.25) is 19.9 Å². The van der Waals surface area contributed by atoms with Gasteiger partial charge in [-0.15, -0.1) is 0 Å². The number of furan rings is 1. The highest BCUT2D eigenvalue weighted by Gasteiger charge is 2.29. The van der Waals surface area contributed by atoms with Crippen molar-refractivity contribution in [3.05, 3.63) is 297 Å². The van der Waals surface area contributed by atoms with Gasteiger partial charge in [-0.2, -0.15) is 0 Å². The second kappa shape index (κ2) is 20.9. The molecule has 1 aliphatic rings. The van der Waals surface area contributed by atoms with Gasteiger partial charge in [0.05, 0.1) is 44.8 Å². The molecule has 414 valence electrons. The smallest absolute Gasteiger partial charge is 0.135 e. The molecule has 0 saturated heterocycles. The monoisotopic (exact) mass is 1130 g/mol. The molecule has 0 radical (unpaired) electrons. The summed E-state index contributed by atoms with van der Waals surface area (Å²) < 4.78 is 11.9. The first-order valence-corrected chi connectivity index (χ1v) is 30.0. The molecule has 0 spiro atoms. The zero-order valence-corrected chi connectivity index (χ0v) is 48.1. The Balaban J connectivity index is 0.845. The maximum Gasteiger partial charge on any atom is 0.135 e. The van der Waals surface area contributed by atoms with E-state index in [0.29, 0.717) is 0 Å². The van der Waals surface area contributed by atoms with Crippen molar-refractivity contribution in [1.82, 2.24) is 29.1 Å². The number of hydrogen-bond acceptors (Lipinski definition) is 5. The average Bonchev–Trinajstić information content (AvgIpc) is 1.98. The molecule has 17 rings (SSSR count). The van der Waals surface area contributed by atoms with Crippen LogP contribution in [0, 0.1) is 0 Å². The molecule has 0 amide bonds. The van der Waals surface area contributed by atoms with E-state index >= 15 is 0 Å². The Morgan fingerprint density at radius 2 is 0.670 bits per heavy atom. The van der Waals surface area contributed by atoms with Gasteiger partial charge in [0.2, 0.25) is 0 Å². The van der Waals surface area contributed by atoms with E-state index in [1.165, 1.54) is 16.5 Å². The maximum absolute atomic E-state index is 6.96. The number of nitrogens with zero attached hydrogens (tertiary/aromatic N) is 6. The van der Waals surface area contributed by atoms with Crippen LogP contribution in [0.5, 0.6) is 0 Å². The van der Waals surface area contributed by atoms with Gasteiger partial charge in [0.15, 0.2) is 0 Å². The first kappa shape index (κ1) is 50.9. The van der Waals surface area contributed by atoms with Crippen LogP contribution < -0.4 is 0 Å². The second-order valence-electron chi connectivity index (χ2n) is 22.9. The SMILES string of the molecule is CC1CC(n2c3ccc(-c4ccccc4-c4ccccn4)cc3c3cc(-c4ccccc4-c4ccccn4)ccc32)=Cc2c1oc1ccc(-n3c4ccc(-c5ccccc5-c5ccccn5)cc4c4cc(-c5ccccc5-c5ccccn5)ccc43)cc21. The van der Waals surface area contributed by atoms with Crippen LogP contribution in [0.15, 0.2) is 290 Å². The Labute approximate surface area is 508 Å². The summed E-state index contributed by atoms with van der Waals surface area (Å²) in [6, 6.07) is 93.4. The Morgan fingerprint density at radius 1 is 0.330 bits per heavy atom. The molecule has 7 aromatic heterocycles. The van der Waals surface area contributed by atoms with E-state index in [1.54, 1.807) is 0 Å². The molecule has 7 nitrogen and oxygen atoms in total. The molecule has 1 aliphatic carbocycles. The molecule has 9 aromatic carbocycles. The van der Waals surface area contributed by atoms with Crippen LogP contribution in [-0.4, -0.2) is 29.1 Å². The molecule has 0 aliphatic heterocycles. The molecule has 0 N–H and O–H groups in total. The molecular formula is C81H54N6O. The Bertz CT molecular complexity index is 5150. The number of hydrogen-bond donors (Lipinski definition) is 0. The highest BCUT2D eigenvalue weighted by Crippen LogP contribution is 2.48. The zero-order valence-electron chi connectivity index (χ0n) is 48.1. The molecule has 0 fully saturated rings. The third-order valence-corrected chi connectivity index (χ3v) is 17.8. The highest BCUT2D eigenvalue weighted by molar-refractivity contribution is 6.15. The summed E-state index contributed by atoms with van der Waals surface area (Å²) in [7, 11) is 0. The summed E-state index contributed by atoms with van der Waals surface area (Å²) >= 11 is 0. The van der Waals surface area contributed by atoms with E-state index in [9.17, 15) is 0 Å². The largest absolute Gasteiger partial charge is 0.460 e. The van der Waals surface area contributed by atoms with Crippen molar-refractivity contribution in [2.75, 3.05) is 0 Å². The lowest BCUT2D eigenvalue weighted by Crippen LogP contribution is -2.07. The molecule has 0 saturated carbocycles. The summed E-state index contributed by atoms with van der Waals surface area (Å²) in [5.74, 6) is 1.11. The van der Waals surface area contributed by atoms with Crippen molar-refractivity contribution in [3.63, 3.8) is 0 Å². The number of rotatable bonds is 10. The van der Waals surface area contributed by atoms with Gasteiger partial charge >= 0.3 is 0 Å². The van der Waals surface area contributed by atoms with Crippen LogP contribution in [0.25, 0.3) is 162 Å². The van der Waals surface area contributed by atoms with E-state index in [4.69, 9.17) is 24.4 Å². The molecule has 1 atom stereocenters. The van der Waals surface area contributed by atoms with E-state index in [2.05, 4.69) is 259 Å². The lowest BCUT2D eigenvalue weighted by molar-refractivity contribution is 0.504. The summed E-state index contributed by atoms with van der Waals surface area (Å²) in [5, 5.41) is 5.75. The van der Waals surface area contributed by atoms with Crippen molar-refractivity contribution in [3.8, 4) is 95.2 Å². The summed E-state index contributed by atoms with van der Waals surface area (Å²) in [6.07, 6.45) is 10.7. The topological polar surface area (TPSA) is 74.6 Å². The number of aromatic nitrogens is 6. The first-order valence-electron chi connectivity index (χ1n) is 30.0. The van der Waals surface area contributed by atoms with Gasteiger partial charge in [-0.05, 0) is 172 Å². The van der Waals surface area contributed by atoms with E-state index in [-0.39, 0.29) is 5.92 Å². The summed E-state index contributed by atoms with van der Waals surface area (Å²) in [6.45, 7) is 2.31. The molecule has 1 unspecified atom stereocenters. The van der Waals surface area contributed by atoms with E-state index in [1.807, 2.05) is 49.1 Å². The number of allylic oxidation sites excluding steroid dienone is 1. The lowest BCUT2D eigenvalue weighted by atomic mass is 9.91.